The Bertz CT molecular complexity index is 815. The second kappa shape index (κ2) is 9.92. The number of rotatable bonds is 8. The second-order valence-corrected chi connectivity index (χ2v) is 7.39. The van der Waals surface area contributed by atoms with Crippen LogP contribution in [0.5, 0.6) is 0 Å². The Kier molecular flexibility index (Phi) is 7.61. The molecule has 0 radical (unpaired) electrons. The first-order chi connectivity index (χ1) is 12.9. The van der Waals surface area contributed by atoms with Gasteiger partial charge in [0.05, 0.1) is 11.3 Å². The van der Waals surface area contributed by atoms with Crippen LogP contribution < -0.4 is 5.32 Å². The molecule has 1 amide bonds. The number of amides is 1. The highest BCUT2D eigenvalue weighted by molar-refractivity contribution is 8.00. The van der Waals surface area contributed by atoms with Crippen molar-refractivity contribution in [3.05, 3.63) is 65.2 Å². The van der Waals surface area contributed by atoms with Gasteiger partial charge in [-0.1, -0.05) is 42.0 Å². The summed E-state index contributed by atoms with van der Waals surface area (Å²) in [6.45, 7) is 5.39. The Morgan fingerprint density at radius 3 is 2.37 bits per heavy atom. The molecule has 142 valence electrons. The fourth-order valence-corrected chi connectivity index (χ4v) is 3.15. The summed E-state index contributed by atoms with van der Waals surface area (Å²) in [6.07, 6.45) is 0. The molecule has 0 saturated heterocycles. The molecule has 6 heteroatoms. The maximum absolute atomic E-state index is 12.4. The van der Waals surface area contributed by atoms with Gasteiger partial charge in [0.15, 0.2) is 12.4 Å². The van der Waals surface area contributed by atoms with Crippen LogP contribution in [0.25, 0.3) is 0 Å². The average molecular weight is 385 g/mol. The van der Waals surface area contributed by atoms with Crippen LogP contribution >= 0.6 is 11.8 Å². The van der Waals surface area contributed by atoms with Crippen LogP contribution in [0.15, 0.2) is 53.4 Å². The third-order valence-electron chi connectivity index (χ3n) is 3.62. The fraction of sp³-hybridized carbons (Fsp3) is 0.286. The van der Waals surface area contributed by atoms with Gasteiger partial charge >= 0.3 is 5.97 Å². The highest BCUT2D eigenvalue weighted by atomic mass is 32.2. The lowest BCUT2D eigenvalue weighted by Gasteiger charge is -2.10. The van der Waals surface area contributed by atoms with E-state index in [-0.39, 0.29) is 30.1 Å². The van der Waals surface area contributed by atoms with Gasteiger partial charge in [-0.3, -0.25) is 9.59 Å². The number of carbonyl (C=O) groups excluding carboxylic acids is 3. The van der Waals surface area contributed by atoms with Gasteiger partial charge in [-0.15, -0.1) is 11.8 Å². The van der Waals surface area contributed by atoms with Gasteiger partial charge in [0, 0.05) is 16.5 Å². The molecule has 0 bridgehead atoms. The zero-order chi connectivity index (χ0) is 19.8. The molecule has 27 heavy (non-hydrogen) atoms. The minimum absolute atomic E-state index is 0.0612. The van der Waals surface area contributed by atoms with Crippen molar-refractivity contribution in [1.29, 1.82) is 0 Å². The smallest absolute Gasteiger partial charge is 0.339 e. The zero-order valence-corrected chi connectivity index (χ0v) is 16.5. The number of carbonyl (C=O) groups is 3. The molecule has 0 aromatic heterocycles. The van der Waals surface area contributed by atoms with Crippen LogP contribution in [-0.2, 0) is 9.53 Å². The van der Waals surface area contributed by atoms with Crippen LogP contribution in [0.2, 0.25) is 0 Å². The van der Waals surface area contributed by atoms with Crippen molar-refractivity contribution < 1.29 is 19.1 Å². The summed E-state index contributed by atoms with van der Waals surface area (Å²) >= 11 is 1.26. The first-order valence-electron chi connectivity index (χ1n) is 8.65. The van der Waals surface area contributed by atoms with Gasteiger partial charge < -0.3 is 10.1 Å². The molecular formula is C21H23NO4S. The van der Waals surface area contributed by atoms with Gasteiger partial charge in [-0.25, -0.2) is 4.79 Å². The first kappa shape index (κ1) is 20.7. The van der Waals surface area contributed by atoms with Crippen molar-refractivity contribution in [2.45, 2.75) is 31.7 Å². The van der Waals surface area contributed by atoms with Crippen LogP contribution in [0.3, 0.4) is 0 Å². The molecule has 0 heterocycles. The van der Waals surface area contributed by atoms with Crippen LogP contribution in [0.4, 0.5) is 0 Å². The Labute approximate surface area is 163 Å². The Morgan fingerprint density at radius 2 is 1.70 bits per heavy atom. The lowest BCUT2D eigenvalue weighted by atomic mass is 10.1. The molecule has 1 N–H and O–H groups in total. The van der Waals surface area contributed by atoms with E-state index in [1.807, 2.05) is 32.9 Å². The Balaban J connectivity index is 1.96. The fourth-order valence-electron chi connectivity index (χ4n) is 2.30. The van der Waals surface area contributed by atoms with E-state index < -0.39 is 5.97 Å². The molecule has 2 aromatic carbocycles. The lowest BCUT2D eigenvalue weighted by molar-refractivity contribution is -0.119. The van der Waals surface area contributed by atoms with E-state index in [1.54, 1.807) is 36.4 Å². The van der Waals surface area contributed by atoms with E-state index in [0.717, 1.165) is 5.56 Å². The molecule has 2 aromatic rings. The summed E-state index contributed by atoms with van der Waals surface area (Å²) in [5.74, 6) is -0.745. The summed E-state index contributed by atoms with van der Waals surface area (Å²) in [7, 11) is 0. The van der Waals surface area contributed by atoms with Crippen molar-refractivity contribution in [2.75, 3.05) is 12.4 Å². The number of ether oxygens (including phenoxy) is 1. The number of thioether (sulfide) groups is 1. The second-order valence-electron chi connectivity index (χ2n) is 6.37. The number of benzene rings is 2. The van der Waals surface area contributed by atoms with Crippen molar-refractivity contribution in [1.82, 2.24) is 5.32 Å². The SMILES string of the molecule is Cc1ccc(C(=O)COC(=O)c2ccccc2SCC(=O)NC(C)C)cc1. The van der Waals surface area contributed by atoms with E-state index in [4.69, 9.17) is 4.74 Å². The zero-order valence-electron chi connectivity index (χ0n) is 15.7. The number of nitrogens with one attached hydrogen (secondary N) is 1. The monoisotopic (exact) mass is 385 g/mol. The topological polar surface area (TPSA) is 72.5 Å². The summed E-state index contributed by atoms with van der Waals surface area (Å²) in [5, 5.41) is 2.80. The largest absolute Gasteiger partial charge is 0.454 e. The summed E-state index contributed by atoms with van der Waals surface area (Å²) in [5.41, 5.74) is 1.90. The minimum Gasteiger partial charge on any atom is -0.454 e. The number of hydrogen-bond acceptors (Lipinski definition) is 5. The van der Waals surface area contributed by atoms with E-state index in [9.17, 15) is 14.4 Å². The standard InChI is InChI=1S/C21H23NO4S/c1-14(2)22-20(24)13-27-19-7-5-4-6-17(19)21(25)26-12-18(23)16-10-8-15(3)9-11-16/h4-11,14H,12-13H2,1-3H3,(H,22,24). The van der Waals surface area contributed by atoms with Crippen molar-refractivity contribution in [3.8, 4) is 0 Å². The van der Waals surface area contributed by atoms with E-state index in [1.165, 1.54) is 11.8 Å². The van der Waals surface area contributed by atoms with Crippen molar-refractivity contribution >= 4 is 29.4 Å². The van der Waals surface area contributed by atoms with E-state index in [2.05, 4.69) is 5.32 Å². The lowest BCUT2D eigenvalue weighted by Crippen LogP contribution is -2.31. The molecule has 0 fully saturated rings. The number of ketones is 1. The maximum Gasteiger partial charge on any atom is 0.339 e. The molecule has 0 aliphatic rings. The normalized spacial score (nSPS) is 10.5. The van der Waals surface area contributed by atoms with Gasteiger partial charge in [0.25, 0.3) is 0 Å². The van der Waals surface area contributed by atoms with Gasteiger partial charge in [-0.2, -0.15) is 0 Å². The van der Waals surface area contributed by atoms with Crippen LogP contribution in [0.1, 0.15) is 40.1 Å². The third-order valence-corrected chi connectivity index (χ3v) is 4.70. The van der Waals surface area contributed by atoms with Gasteiger partial charge in [0.1, 0.15) is 0 Å². The van der Waals surface area contributed by atoms with Gasteiger partial charge in [0.2, 0.25) is 5.91 Å². The molecule has 0 atom stereocenters. The van der Waals surface area contributed by atoms with E-state index in [0.29, 0.717) is 16.0 Å². The molecule has 0 spiro atoms. The van der Waals surface area contributed by atoms with Crippen LogP contribution in [0, 0.1) is 6.92 Å². The van der Waals surface area contributed by atoms with Crippen LogP contribution in [-0.4, -0.2) is 36.1 Å². The predicted molar refractivity (Wildman–Crippen MR) is 106 cm³/mol. The Morgan fingerprint density at radius 1 is 1.04 bits per heavy atom. The molecular weight excluding hydrogens is 362 g/mol. The molecule has 0 saturated carbocycles. The minimum atomic E-state index is -0.581. The summed E-state index contributed by atoms with van der Waals surface area (Å²) in [6, 6.07) is 14.0. The number of aryl methyl sites for hydroxylation is 1. The van der Waals surface area contributed by atoms with E-state index >= 15 is 0 Å². The maximum atomic E-state index is 12.4. The quantitative estimate of drug-likeness (QED) is 0.427. The Hall–Kier alpha value is -2.60. The van der Waals surface area contributed by atoms with Gasteiger partial charge in [-0.05, 0) is 32.9 Å². The summed E-state index contributed by atoms with van der Waals surface area (Å²) in [4.78, 5) is 37.0. The molecule has 0 aliphatic carbocycles. The molecule has 0 aliphatic heterocycles. The average Bonchev–Trinajstić information content (AvgIpc) is 2.64. The molecule has 5 nitrogen and oxygen atoms in total. The molecule has 0 unspecified atom stereocenters. The highest BCUT2D eigenvalue weighted by Crippen LogP contribution is 2.23. The first-order valence-corrected chi connectivity index (χ1v) is 9.63. The number of hydrogen-bond donors (Lipinski definition) is 1. The number of esters is 1. The third kappa shape index (κ3) is 6.57. The molecule has 2 rings (SSSR count). The number of Topliss-reactive ketones (excluding diaryl/α,β-unsaturated/α-hetero) is 1. The van der Waals surface area contributed by atoms with Crippen molar-refractivity contribution in [3.63, 3.8) is 0 Å². The van der Waals surface area contributed by atoms with Crippen molar-refractivity contribution in [2.24, 2.45) is 0 Å². The summed E-state index contributed by atoms with van der Waals surface area (Å²) < 4.78 is 5.18. The predicted octanol–water partition coefficient (Wildman–Crippen LogP) is 3.65. The highest BCUT2D eigenvalue weighted by Gasteiger charge is 2.16.